The number of aryl methyl sites for hydroxylation is 2. The number of rotatable bonds is 7. The van der Waals surface area contributed by atoms with Gasteiger partial charge in [-0.15, -0.1) is 10.2 Å². The number of carbonyl (C=O) groups is 1. The van der Waals surface area contributed by atoms with Crippen molar-refractivity contribution >= 4 is 37.5 Å². The van der Waals surface area contributed by atoms with E-state index in [4.69, 9.17) is 0 Å². The highest BCUT2D eigenvalue weighted by atomic mass is 32.2. The summed E-state index contributed by atoms with van der Waals surface area (Å²) in [7, 11) is -3.44. The van der Waals surface area contributed by atoms with Gasteiger partial charge in [-0.1, -0.05) is 59.9 Å². The Labute approximate surface area is 161 Å². The Morgan fingerprint density at radius 3 is 2.37 bits per heavy atom. The number of carbonyl (C=O) groups excluding carboxylic acids is 1. The molecular weight excluding hydrogens is 384 g/mol. The predicted molar refractivity (Wildman–Crippen MR) is 107 cm³/mol. The number of hydrogen-bond donors (Lipinski definition) is 2. The van der Waals surface area contributed by atoms with Crippen LogP contribution in [0.5, 0.6) is 0 Å². The van der Waals surface area contributed by atoms with Crippen LogP contribution in [0, 0.1) is 0 Å². The van der Waals surface area contributed by atoms with Crippen molar-refractivity contribution in [3.8, 4) is 0 Å². The van der Waals surface area contributed by atoms with Crippen molar-refractivity contribution in [2.24, 2.45) is 0 Å². The molecule has 2 N–H and O–H groups in total. The van der Waals surface area contributed by atoms with E-state index in [-0.39, 0.29) is 16.2 Å². The molecule has 7 nitrogen and oxygen atoms in total. The SMILES string of the molecule is CS(=O)(=O)Nc1nnc(NC(=O)c2ccccc2CCc2ccccc2)s1. The van der Waals surface area contributed by atoms with Crippen molar-refractivity contribution in [1.82, 2.24) is 10.2 Å². The van der Waals surface area contributed by atoms with E-state index in [0.717, 1.165) is 36.0 Å². The van der Waals surface area contributed by atoms with Crippen LogP contribution in [0.3, 0.4) is 0 Å². The summed E-state index contributed by atoms with van der Waals surface area (Å²) in [5, 5.41) is 10.5. The number of nitrogens with zero attached hydrogens (tertiary/aromatic N) is 2. The lowest BCUT2D eigenvalue weighted by Gasteiger charge is -2.09. The molecule has 27 heavy (non-hydrogen) atoms. The molecule has 0 fully saturated rings. The lowest BCUT2D eigenvalue weighted by molar-refractivity contribution is 0.102. The molecule has 3 rings (SSSR count). The molecule has 1 aromatic heterocycles. The zero-order valence-electron chi connectivity index (χ0n) is 14.5. The lowest BCUT2D eigenvalue weighted by atomic mass is 9.99. The Kier molecular flexibility index (Phi) is 5.82. The minimum atomic E-state index is -3.44. The van der Waals surface area contributed by atoms with E-state index in [1.807, 2.05) is 30.3 Å². The second-order valence-electron chi connectivity index (χ2n) is 5.88. The summed E-state index contributed by atoms with van der Waals surface area (Å²) in [6.07, 6.45) is 2.58. The van der Waals surface area contributed by atoms with Crippen molar-refractivity contribution in [3.63, 3.8) is 0 Å². The molecular formula is C18H18N4O3S2. The maximum absolute atomic E-state index is 12.6. The zero-order chi connectivity index (χ0) is 19.3. The van der Waals surface area contributed by atoms with Crippen molar-refractivity contribution in [2.75, 3.05) is 16.3 Å². The summed E-state index contributed by atoms with van der Waals surface area (Å²) in [4.78, 5) is 12.6. The topological polar surface area (TPSA) is 101 Å². The molecule has 2 aromatic carbocycles. The largest absolute Gasteiger partial charge is 0.296 e. The van der Waals surface area contributed by atoms with Crippen LogP contribution in [-0.2, 0) is 22.9 Å². The van der Waals surface area contributed by atoms with Gasteiger partial charge in [-0.2, -0.15) is 0 Å². The standard InChI is InChI=1S/C18H18N4O3S2/c1-27(24,25)22-18-21-20-17(26-18)19-16(23)15-10-6-5-9-14(15)12-11-13-7-3-2-4-8-13/h2-10H,11-12H2,1H3,(H,21,22)(H,19,20,23). The number of amides is 1. The molecule has 0 unspecified atom stereocenters. The van der Waals surface area contributed by atoms with E-state index >= 15 is 0 Å². The molecule has 1 amide bonds. The Bertz CT molecular complexity index is 1030. The third-order valence-corrected chi connectivity index (χ3v) is 5.15. The molecule has 0 radical (unpaired) electrons. The van der Waals surface area contributed by atoms with Crippen LogP contribution in [0.1, 0.15) is 21.5 Å². The lowest BCUT2D eigenvalue weighted by Crippen LogP contribution is -2.14. The highest BCUT2D eigenvalue weighted by Crippen LogP contribution is 2.22. The zero-order valence-corrected chi connectivity index (χ0v) is 16.2. The number of aromatic nitrogens is 2. The summed E-state index contributed by atoms with van der Waals surface area (Å²) in [6.45, 7) is 0. The van der Waals surface area contributed by atoms with Crippen LogP contribution in [0.4, 0.5) is 10.3 Å². The van der Waals surface area contributed by atoms with Gasteiger partial charge in [0.05, 0.1) is 6.26 Å². The fourth-order valence-corrected chi connectivity index (χ4v) is 3.99. The first-order valence-corrected chi connectivity index (χ1v) is 10.9. The van der Waals surface area contributed by atoms with Crippen LogP contribution in [0.2, 0.25) is 0 Å². The normalized spacial score (nSPS) is 11.1. The highest BCUT2D eigenvalue weighted by Gasteiger charge is 2.15. The third-order valence-electron chi connectivity index (χ3n) is 3.71. The smallest absolute Gasteiger partial charge is 0.257 e. The first kappa shape index (κ1) is 19.0. The molecule has 0 spiro atoms. The molecule has 1 heterocycles. The van der Waals surface area contributed by atoms with Crippen LogP contribution in [0.25, 0.3) is 0 Å². The maximum atomic E-state index is 12.6. The summed E-state index contributed by atoms with van der Waals surface area (Å²) in [5.74, 6) is -0.305. The summed E-state index contributed by atoms with van der Waals surface area (Å²) >= 11 is 0.954. The van der Waals surface area contributed by atoms with Gasteiger partial charge in [-0.25, -0.2) is 8.42 Å². The van der Waals surface area contributed by atoms with E-state index in [1.54, 1.807) is 12.1 Å². The molecule has 140 valence electrons. The first-order chi connectivity index (χ1) is 12.9. The first-order valence-electron chi connectivity index (χ1n) is 8.15. The fourth-order valence-electron chi connectivity index (χ4n) is 2.52. The average molecular weight is 403 g/mol. The van der Waals surface area contributed by atoms with Crippen molar-refractivity contribution in [3.05, 3.63) is 71.3 Å². The molecule has 9 heteroatoms. The Morgan fingerprint density at radius 1 is 0.963 bits per heavy atom. The van der Waals surface area contributed by atoms with Crippen LogP contribution in [-0.4, -0.2) is 30.8 Å². The van der Waals surface area contributed by atoms with E-state index < -0.39 is 10.0 Å². The number of sulfonamides is 1. The monoisotopic (exact) mass is 402 g/mol. The Morgan fingerprint density at radius 2 is 1.63 bits per heavy atom. The summed E-state index contributed by atoms with van der Waals surface area (Å²) in [6, 6.07) is 17.5. The van der Waals surface area contributed by atoms with Crippen LogP contribution < -0.4 is 10.0 Å². The van der Waals surface area contributed by atoms with Crippen LogP contribution in [0.15, 0.2) is 54.6 Å². The molecule has 0 atom stereocenters. The number of anilines is 2. The fraction of sp³-hybridized carbons (Fsp3) is 0.167. The molecule has 0 bridgehead atoms. The summed E-state index contributed by atoms with van der Waals surface area (Å²) < 4.78 is 24.7. The molecule has 0 saturated carbocycles. The van der Waals surface area contributed by atoms with Gasteiger partial charge in [0.1, 0.15) is 0 Å². The molecule has 0 saturated heterocycles. The van der Waals surface area contributed by atoms with Crippen molar-refractivity contribution in [2.45, 2.75) is 12.8 Å². The second kappa shape index (κ2) is 8.28. The van der Waals surface area contributed by atoms with E-state index in [0.29, 0.717) is 5.56 Å². The molecule has 0 aliphatic rings. The Balaban J connectivity index is 1.70. The third kappa shape index (κ3) is 5.60. The van der Waals surface area contributed by atoms with Gasteiger partial charge in [-0.05, 0) is 30.0 Å². The number of hydrogen-bond acceptors (Lipinski definition) is 6. The van der Waals surface area contributed by atoms with Gasteiger partial charge in [0.2, 0.25) is 20.3 Å². The van der Waals surface area contributed by atoms with Gasteiger partial charge in [0.25, 0.3) is 5.91 Å². The van der Waals surface area contributed by atoms with E-state index in [2.05, 4.69) is 32.4 Å². The van der Waals surface area contributed by atoms with Gasteiger partial charge >= 0.3 is 0 Å². The number of benzene rings is 2. The number of nitrogens with one attached hydrogen (secondary N) is 2. The molecule has 3 aromatic rings. The van der Waals surface area contributed by atoms with Crippen molar-refractivity contribution in [1.29, 1.82) is 0 Å². The maximum Gasteiger partial charge on any atom is 0.257 e. The predicted octanol–water partition coefficient (Wildman–Crippen LogP) is 2.95. The molecule has 0 aliphatic heterocycles. The van der Waals surface area contributed by atoms with E-state index in [1.165, 1.54) is 5.56 Å². The van der Waals surface area contributed by atoms with Crippen LogP contribution >= 0.6 is 11.3 Å². The van der Waals surface area contributed by atoms with E-state index in [9.17, 15) is 13.2 Å². The van der Waals surface area contributed by atoms with Gasteiger partial charge < -0.3 is 0 Å². The van der Waals surface area contributed by atoms with Gasteiger partial charge in [0, 0.05) is 5.56 Å². The van der Waals surface area contributed by atoms with Gasteiger partial charge in [0.15, 0.2) is 0 Å². The van der Waals surface area contributed by atoms with Gasteiger partial charge in [-0.3, -0.25) is 14.8 Å². The minimum absolute atomic E-state index is 0.102. The minimum Gasteiger partial charge on any atom is -0.296 e. The second-order valence-corrected chi connectivity index (χ2v) is 8.61. The Hall–Kier alpha value is -2.78. The van der Waals surface area contributed by atoms with Crippen molar-refractivity contribution < 1.29 is 13.2 Å². The highest BCUT2D eigenvalue weighted by molar-refractivity contribution is 7.92. The molecule has 0 aliphatic carbocycles. The average Bonchev–Trinajstić information content (AvgIpc) is 3.06. The summed E-state index contributed by atoms with van der Waals surface area (Å²) in [5.41, 5.74) is 2.69. The quantitative estimate of drug-likeness (QED) is 0.633.